The van der Waals surface area contributed by atoms with E-state index in [9.17, 15) is 0 Å². The number of likely N-dealkylation sites (N-methyl/N-ethyl adjacent to an activating group) is 2. The molecule has 0 aromatic carbocycles. The van der Waals surface area contributed by atoms with Crippen LogP contribution in [0.25, 0.3) is 0 Å². The van der Waals surface area contributed by atoms with Crippen molar-refractivity contribution < 1.29 is 0 Å². The molecular weight excluding hydrogens is 218 g/mol. The molecule has 2 unspecified atom stereocenters. The first-order valence-electron chi connectivity index (χ1n) is 5.78. The molecule has 0 saturated carbocycles. The number of piperazine rings is 1. The van der Waals surface area contributed by atoms with Crippen LogP contribution in [0.4, 0.5) is 0 Å². The predicted molar refractivity (Wildman–Crippen MR) is 69.9 cm³/mol. The highest BCUT2D eigenvalue weighted by molar-refractivity contribution is 7.12. The minimum atomic E-state index is 0.145. The second-order valence-corrected chi connectivity index (χ2v) is 6.10. The Morgan fingerprint density at radius 2 is 2.12 bits per heavy atom. The summed E-state index contributed by atoms with van der Waals surface area (Å²) in [7, 11) is 4.35. The highest BCUT2D eigenvalue weighted by atomic mass is 32.1. The average molecular weight is 239 g/mol. The molecule has 4 heteroatoms. The number of thiophene rings is 1. The summed E-state index contributed by atoms with van der Waals surface area (Å²) >= 11 is 1.82. The van der Waals surface area contributed by atoms with Crippen molar-refractivity contribution >= 4 is 11.3 Å². The molecule has 1 aliphatic heterocycles. The van der Waals surface area contributed by atoms with E-state index in [4.69, 9.17) is 5.73 Å². The van der Waals surface area contributed by atoms with Crippen LogP contribution in [0.15, 0.2) is 12.1 Å². The molecular formula is C12H21N3S. The van der Waals surface area contributed by atoms with Gasteiger partial charge in [-0.05, 0) is 33.2 Å². The van der Waals surface area contributed by atoms with Crippen molar-refractivity contribution in [3.05, 3.63) is 21.9 Å². The van der Waals surface area contributed by atoms with Gasteiger partial charge < -0.3 is 10.6 Å². The molecule has 0 amide bonds. The van der Waals surface area contributed by atoms with Crippen molar-refractivity contribution in [2.75, 3.05) is 33.7 Å². The van der Waals surface area contributed by atoms with Crippen LogP contribution in [0.2, 0.25) is 0 Å². The maximum atomic E-state index is 6.38. The van der Waals surface area contributed by atoms with Crippen LogP contribution in [0.3, 0.4) is 0 Å². The molecule has 1 aromatic rings. The normalized spacial score (nSPS) is 25.9. The van der Waals surface area contributed by atoms with E-state index in [2.05, 4.69) is 43.0 Å². The Hall–Kier alpha value is -0.420. The van der Waals surface area contributed by atoms with Gasteiger partial charge in [-0.3, -0.25) is 4.90 Å². The van der Waals surface area contributed by atoms with Crippen LogP contribution < -0.4 is 5.73 Å². The monoisotopic (exact) mass is 239 g/mol. The van der Waals surface area contributed by atoms with Crippen molar-refractivity contribution in [2.24, 2.45) is 5.73 Å². The highest BCUT2D eigenvalue weighted by Crippen LogP contribution is 2.26. The van der Waals surface area contributed by atoms with Gasteiger partial charge in [-0.25, -0.2) is 0 Å². The molecule has 16 heavy (non-hydrogen) atoms. The number of hydrogen-bond donors (Lipinski definition) is 1. The summed E-state index contributed by atoms with van der Waals surface area (Å²) in [6, 6.07) is 4.92. The molecule has 1 fully saturated rings. The summed E-state index contributed by atoms with van der Waals surface area (Å²) in [6.07, 6.45) is 0. The number of nitrogens with two attached hydrogens (primary N) is 1. The maximum Gasteiger partial charge on any atom is 0.0560 e. The summed E-state index contributed by atoms with van der Waals surface area (Å²) in [6.45, 7) is 5.45. The summed E-state index contributed by atoms with van der Waals surface area (Å²) in [5.74, 6) is 0. The fourth-order valence-electron chi connectivity index (χ4n) is 2.25. The number of aryl methyl sites for hydroxylation is 1. The van der Waals surface area contributed by atoms with Gasteiger partial charge in [0.1, 0.15) is 0 Å². The van der Waals surface area contributed by atoms with Gasteiger partial charge in [0, 0.05) is 35.4 Å². The van der Waals surface area contributed by atoms with Gasteiger partial charge in [-0.15, -0.1) is 11.3 Å². The molecule has 1 aliphatic rings. The standard InChI is InChI=1S/C12H21N3S/c1-9-4-5-11(16-9)12(13)10-8-14(2)6-7-15(10)3/h4-5,10,12H,6-8,13H2,1-3H3. The molecule has 0 bridgehead atoms. The van der Waals surface area contributed by atoms with E-state index in [1.807, 2.05) is 11.3 Å². The molecule has 0 aliphatic carbocycles. The quantitative estimate of drug-likeness (QED) is 0.844. The summed E-state index contributed by atoms with van der Waals surface area (Å²) in [4.78, 5) is 7.41. The SMILES string of the molecule is Cc1ccc(C(N)C2CN(C)CCN2C)s1. The minimum absolute atomic E-state index is 0.145. The Bertz CT molecular complexity index is 350. The second kappa shape index (κ2) is 4.84. The van der Waals surface area contributed by atoms with Crippen molar-refractivity contribution in [3.8, 4) is 0 Å². The Balaban J connectivity index is 2.10. The van der Waals surface area contributed by atoms with Crippen LogP contribution in [-0.2, 0) is 0 Å². The van der Waals surface area contributed by atoms with Crippen LogP contribution in [0.1, 0.15) is 15.8 Å². The Morgan fingerprint density at radius 3 is 2.75 bits per heavy atom. The van der Waals surface area contributed by atoms with E-state index >= 15 is 0 Å². The predicted octanol–water partition coefficient (Wildman–Crippen LogP) is 1.30. The molecule has 1 aromatic heterocycles. The summed E-state index contributed by atoms with van der Waals surface area (Å²) in [5.41, 5.74) is 6.38. The Morgan fingerprint density at radius 1 is 1.38 bits per heavy atom. The van der Waals surface area contributed by atoms with E-state index in [1.54, 1.807) is 0 Å². The van der Waals surface area contributed by atoms with E-state index in [-0.39, 0.29) is 6.04 Å². The summed E-state index contributed by atoms with van der Waals surface area (Å²) < 4.78 is 0. The van der Waals surface area contributed by atoms with Crippen molar-refractivity contribution in [3.63, 3.8) is 0 Å². The van der Waals surface area contributed by atoms with Gasteiger partial charge in [0.15, 0.2) is 0 Å². The fourth-order valence-corrected chi connectivity index (χ4v) is 3.19. The van der Waals surface area contributed by atoms with Crippen molar-refractivity contribution in [1.82, 2.24) is 9.80 Å². The third kappa shape index (κ3) is 2.46. The first kappa shape index (κ1) is 12.0. The third-order valence-electron chi connectivity index (χ3n) is 3.40. The third-order valence-corrected chi connectivity index (χ3v) is 4.51. The fraction of sp³-hybridized carbons (Fsp3) is 0.667. The number of nitrogens with zero attached hydrogens (tertiary/aromatic N) is 2. The lowest BCUT2D eigenvalue weighted by Gasteiger charge is -2.40. The molecule has 2 rings (SSSR count). The van der Waals surface area contributed by atoms with Crippen LogP contribution in [0, 0.1) is 6.92 Å². The Labute approximate surface area is 102 Å². The lowest BCUT2D eigenvalue weighted by Crippen LogP contribution is -2.54. The lowest BCUT2D eigenvalue weighted by molar-refractivity contribution is 0.0981. The highest BCUT2D eigenvalue weighted by Gasteiger charge is 2.29. The molecule has 2 N–H and O–H groups in total. The van der Waals surface area contributed by atoms with E-state index in [0.29, 0.717) is 6.04 Å². The minimum Gasteiger partial charge on any atom is -0.322 e. The zero-order valence-electron chi connectivity index (χ0n) is 10.3. The van der Waals surface area contributed by atoms with E-state index in [1.165, 1.54) is 9.75 Å². The van der Waals surface area contributed by atoms with Gasteiger partial charge >= 0.3 is 0 Å². The molecule has 0 radical (unpaired) electrons. The van der Waals surface area contributed by atoms with Gasteiger partial charge in [-0.1, -0.05) is 0 Å². The largest absolute Gasteiger partial charge is 0.322 e. The Kier molecular flexibility index (Phi) is 3.64. The van der Waals surface area contributed by atoms with Crippen molar-refractivity contribution in [1.29, 1.82) is 0 Å². The van der Waals surface area contributed by atoms with E-state index in [0.717, 1.165) is 19.6 Å². The van der Waals surface area contributed by atoms with Crippen molar-refractivity contribution in [2.45, 2.75) is 19.0 Å². The number of hydrogen-bond acceptors (Lipinski definition) is 4. The number of rotatable bonds is 2. The first-order chi connectivity index (χ1) is 7.58. The van der Waals surface area contributed by atoms with Gasteiger partial charge in [-0.2, -0.15) is 0 Å². The zero-order valence-corrected chi connectivity index (χ0v) is 11.1. The van der Waals surface area contributed by atoms with Crippen LogP contribution >= 0.6 is 11.3 Å². The van der Waals surface area contributed by atoms with Crippen LogP contribution in [0.5, 0.6) is 0 Å². The smallest absolute Gasteiger partial charge is 0.0560 e. The molecule has 3 nitrogen and oxygen atoms in total. The zero-order chi connectivity index (χ0) is 11.7. The molecule has 2 heterocycles. The first-order valence-corrected chi connectivity index (χ1v) is 6.60. The maximum absolute atomic E-state index is 6.38. The van der Waals surface area contributed by atoms with Crippen LogP contribution in [-0.4, -0.2) is 49.6 Å². The van der Waals surface area contributed by atoms with Gasteiger partial charge in [0.2, 0.25) is 0 Å². The topological polar surface area (TPSA) is 32.5 Å². The second-order valence-electron chi connectivity index (χ2n) is 4.78. The van der Waals surface area contributed by atoms with Gasteiger partial charge in [0.25, 0.3) is 0 Å². The lowest BCUT2D eigenvalue weighted by atomic mass is 10.0. The molecule has 1 saturated heterocycles. The molecule has 90 valence electrons. The molecule has 2 atom stereocenters. The van der Waals surface area contributed by atoms with E-state index < -0.39 is 0 Å². The summed E-state index contributed by atoms with van der Waals surface area (Å²) in [5, 5.41) is 0. The molecule has 0 spiro atoms. The average Bonchev–Trinajstić information content (AvgIpc) is 2.67. The van der Waals surface area contributed by atoms with Gasteiger partial charge in [0.05, 0.1) is 6.04 Å².